The molecule has 1 saturated heterocycles. The van der Waals surface area contributed by atoms with Crippen molar-refractivity contribution in [3.8, 4) is 10.6 Å². The number of anilines is 1. The highest BCUT2D eigenvalue weighted by molar-refractivity contribution is 7.21. The number of rotatable bonds is 5. The second-order valence-electron chi connectivity index (χ2n) is 10.6. The van der Waals surface area contributed by atoms with E-state index < -0.39 is 5.60 Å². The quantitative estimate of drug-likeness (QED) is 0.313. The molecule has 2 heterocycles. The fraction of sp³-hybridized carbons (Fsp3) is 0.300. The summed E-state index contributed by atoms with van der Waals surface area (Å²) in [5.41, 5.74) is 3.44. The Morgan fingerprint density at radius 3 is 2.44 bits per heavy atom. The molecule has 0 bridgehead atoms. The van der Waals surface area contributed by atoms with E-state index in [0.29, 0.717) is 24.3 Å². The van der Waals surface area contributed by atoms with Crippen LogP contribution < -0.4 is 5.32 Å². The third kappa shape index (κ3) is 6.61. The zero-order valence-corrected chi connectivity index (χ0v) is 23.1. The van der Waals surface area contributed by atoms with Crippen LogP contribution in [0.25, 0.3) is 20.8 Å². The molecule has 1 aliphatic heterocycles. The van der Waals surface area contributed by atoms with E-state index in [1.54, 1.807) is 16.2 Å². The van der Waals surface area contributed by atoms with Crippen LogP contribution in [0.15, 0.2) is 66.7 Å². The monoisotopic (exact) mass is 546 g/mol. The van der Waals surface area contributed by atoms with E-state index in [4.69, 9.17) is 9.72 Å². The van der Waals surface area contributed by atoms with Crippen molar-refractivity contribution < 1.29 is 18.7 Å². The maximum Gasteiger partial charge on any atom is 0.410 e. The summed E-state index contributed by atoms with van der Waals surface area (Å²) in [5.74, 6) is -0.693. The molecular formula is C30H31FN4O3S. The first kappa shape index (κ1) is 26.8. The molecule has 0 atom stereocenters. The standard InChI is InChI=1S/C30H31FN4O3S/c1-30(2,3)38-29(37)35-16-14-34(15-17-35)19-20-8-13-25-26(18-20)39-28(33-25)23-6-4-5-7-24(23)32-27(36)21-9-11-22(31)12-10-21/h4-13,18H,14-17,19H2,1-3H3,(H,32,36). The van der Waals surface area contributed by atoms with Gasteiger partial charge in [0.15, 0.2) is 0 Å². The van der Waals surface area contributed by atoms with Crippen LogP contribution in [-0.2, 0) is 11.3 Å². The van der Waals surface area contributed by atoms with Gasteiger partial charge in [0, 0.05) is 43.9 Å². The van der Waals surface area contributed by atoms with Crippen molar-refractivity contribution in [3.05, 3.63) is 83.7 Å². The summed E-state index contributed by atoms with van der Waals surface area (Å²) >= 11 is 1.58. The molecule has 1 N–H and O–H groups in total. The minimum atomic E-state index is -0.494. The minimum absolute atomic E-state index is 0.255. The highest BCUT2D eigenvalue weighted by atomic mass is 32.1. The predicted molar refractivity (Wildman–Crippen MR) is 152 cm³/mol. The summed E-state index contributed by atoms with van der Waals surface area (Å²) in [4.78, 5) is 34.0. The number of aromatic nitrogens is 1. The molecule has 2 amide bonds. The van der Waals surface area contributed by atoms with Crippen LogP contribution in [0, 0.1) is 5.82 Å². The van der Waals surface area contributed by atoms with Crippen molar-refractivity contribution in [2.45, 2.75) is 32.9 Å². The Morgan fingerprint density at radius 2 is 1.72 bits per heavy atom. The summed E-state index contributed by atoms with van der Waals surface area (Å²) in [6, 6.07) is 19.3. The number of carbonyl (C=O) groups excluding carboxylic acids is 2. The summed E-state index contributed by atoms with van der Waals surface area (Å²) in [6.45, 7) is 9.28. The Balaban J connectivity index is 1.27. The number of piperazine rings is 1. The van der Waals surface area contributed by atoms with E-state index in [0.717, 1.165) is 40.4 Å². The largest absolute Gasteiger partial charge is 0.444 e. The molecule has 0 aliphatic carbocycles. The molecule has 202 valence electrons. The molecule has 1 fully saturated rings. The molecule has 3 aromatic carbocycles. The van der Waals surface area contributed by atoms with E-state index >= 15 is 0 Å². The highest BCUT2D eigenvalue weighted by Crippen LogP contribution is 2.35. The van der Waals surface area contributed by atoms with E-state index in [9.17, 15) is 14.0 Å². The van der Waals surface area contributed by atoms with E-state index in [-0.39, 0.29) is 17.8 Å². The molecule has 9 heteroatoms. The molecule has 5 rings (SSSR count). The number of ether oxygens (including phenoxy) is 1. The van der Waals surface area contributed by atoms with Gasteiger partial charge in [0.2, 0.25) is 0 Å². The summed E-state index contributed by atoms with van der Waals surface area (Å²) in [7, 11) is 0. The lowest BCUT2D eigenvalue weighted by Crippen LogP contribution is -2.49. The van der Waals surface area contributed by atoms with Crippen molar-refractivity contribution in [3.63, 3.8) is 0 Å². The van der Waals surface area contributed by atoms with Crippen molar-refractivity contribution in [1.82, 2.24) is 14.8 Å². The zero-order chi connectivity index (χ0) is 27.6. The van der Waals surface area contributed by atoms with Gasteiger partial charge in [0.25, 0.3) is 5.91 Å². The molecule has 4 aromatic rings. The van der Waals surface area contributed by atoms with Gasteiger partial charge in [-0.1, -0.05) is 18.2 Å². The molecular weight excluding hydrogens is 515 g/mol. The average Bonchev–Trinajstić information content (AvgIpc) is 3.32. The second-order valence-corrected chi connectivity index (χ2v) is 11.6. The van der Waals surface area contributed by atoms with Gasteiger partial charge in [0.1, 0.15) is 16.4 Å². The molecule has 0 radical (unpaired) electrons. The van der Waals surface area contributed by atoms with Crippen LogP contribution in [0.1, 0.15) is 36.7 Å². The van der Waals surface area contributed by atoms with Crippen LogP contribution in [0.2, 0.25) is 0 Å². The Bertz CT molecular complexity index is 1490. The lowest BCUT2D eigenvalue weighted by atomic mass is 10.1. The smallest absolute Gasteiger partial charge is 0.410 e. The molecule has 0 spiro atoms. The van der Waals surface area contributed by atoms with Crippen LogP contribution in [0.5, 0.6) is 0 Å². The topological polar surface area (TPSA) is 74.8 Å². The number of nitrogens with one attached hydrogen (secondary N) is 1. The van der Waals surface area contributed by atoms with Crippen LogP contribution in [0.4, 0.5) is 14.9 Å². The number of nitrogens with zero attached hydrogens (tertiary/aromatic N) is 3. The maximum absolute atomic E-state index is 13.3. The van der Waals surface area contributed by atoms with Crippen molar-refractivity contribution in [1.29, 1.82) is 0 Å². The van der Waals surface area contributed by atoms with Crippen LogP contribution in [-0.4, -0.2) is 58.6 Å². The van der Waals surface area contributed by atoms with Gasteiger partial charge in [-0.3, -0.25) is 9.69 Å². The second kappa shape index (κ2) is 11.1. The van der Waals surface area contributed by atoms with Gasteiger partial charge < -0.3 is 15.0 Å². The van der Waals surface area contributed by atoms with Crippen molar-refractivity contribution in [2.24, 2.45) is 0 Å². The van der Waals surface area contributed by atoms with Gasteiger partial charge in [-0.15, -0.1) is 11.3 Å². The molecule has 39 heavy (non-hydrogen) atoms. The Hall–Kier alpha value is -3.82. The summed E-state index contributed by atoms with van der Waals surface area (Å²) in [5, 5.41) is 3.75. The number of hydrogen-bond donors (Lipinski definition) is 1. The van der Waals surface area contributed by atoms with E-state index in [1.807, 2.05) is 51.1 Å². The van der Waals surface area contributed by atoms with Gasteiger partial charge >= 0.3 is 6.09 Å². The zero-order valence-electron chi connectivity index (χ0n) is 22.2. The third-order valence-electron chi connectivity index (χ3n) is 6.40. The van der Waals surface area contributed by atoms with Crippen molar-refractivity contribution in [2.75, 3.05) is 31.5 Å². The fourth-order valence-electron chi connectivity index (χ4n) is 4.43. The fourth-order valence-corrected chi connectivity index (χ4v) is 5.50. The number of thiazole rings is 1. The van der Waals surface area contributed by atoms with Crippen LogP contribution in [0.3, 0.4) is 0 Å². The first-order valence-corrected chi connectivity index (χ1v) is 13.7. The third-order valence-corrected chi connectivity index (χ3v) is 7.45. The normalized spacial score (nSPS) is 14.4. The van der Waals surface area contributed by atoms with Crippen LogP contribution >= 0.6 is 11.3 Å². The summed E-state index contributed by atoms with van der Waals surface area (Å²) < 4.78 is 19.8. The number of halogens is 1. The molecule has 1 aromatic heterocycles. The average molecular weight is 547 g/mol. The lowest BCUT2D eigenvalue weighted by Gasteiger charge is -2.35. The lowest BCUT2D eigenvalue weighted by molar-refractivity contribution is 0.0139. The number of fused-ring (bicyclic) bond motifs is 1. The van der Waals surface area contributed by atoms with E-state index in [1.165, 1.54) is 29.8 Å². The molecule has 1 aliphatic rings. The number of carbonyl (C=O) groups is 2. The maximum atomic E-state index is 13.3. The Labute approximate surface area is 231 Å². The number of amides is 2. The first-order valence-electron chi connectivity index (χ1n) is 12.9. The molecule has 0 saturated carbocycles. The highest BCUT2D eigenvalue weighted by Gasteiger charge is 2.26. The van der Waals surface area contributed by atoms with E-state index in [2.05, 4.69) is 22.3 Å². The predicted octanol–water partition coefficient (Wildman–Crippen LogP) is 6.41. The van der Waals surface area contributed by atoms with Crippen molar-refractivity contribution >= 4 is 39.2 Å². The minimum Gasteiger partial charge on any atom is -0.444 e. The van der Waals surface area contributed by atoms with Gasteiger partial charge in [-0.2, -0.15) is 0 Å². The Morgan fingerprint density at radius 1 is 1.00 bits per heavy atom. The first-order chi connectivity index (χ1) is 18.6. The number of hydrogen-bond acceptors (Lipinski definition) is 6. The summed E-state index contributed by atoms with van der Waals surface area (Å²) in [6.07, 6.45) is -0.255. The van der Waals surface area contributed by atoms with Gasteiger partial charge in [0.05, 0.1) is 15.9 Å². The molecule has 7 nitrogen and oxygen atoms in total. The Kier molecular flexibility index (Phi) is 7.63. The molecule has 0 unspecified atom stereocenters. The SMILES string of the molecule is CC(C)(C)OC(=O)N1CCN(Cc2ccc3nc(-c4ccccc4NC(=O)c4ccc(F)cc4)sc3c2)CC1. The van der Waals surface area contributed by atoms with Gasteiger partial charge in [-0.25, -0.2) is 14.2 Å². The number of benzene rings is 3. The van der Waals surface area contributed by atoms with Gasteiger partial charge in [-0.05, 0) is 74.9 Å². The number of para-hydroxylation sites is 1.